The molecule has 84 valence electrons. The van der Waals surface area contributed by atoms with E-state index in [-0.39, 0.29) is 11.1 Å². The zero-order valence-corrected chi connectivity index (χ0v) is 8.94. The fourth-order valence-electron chi connectivity index (χ4n) is 1.42. The van der Waals surface area contributed by atoms with Crippen molar-refractivity contribution in [3.05, 3.63) is 41.0 Å². The topological polar surface area (TPSA) is 80.3 Å². The molecule has 1 rings (SSSR count). The van der Waals surface area contributed by atoms with E-state index in [4.69, 9.17) is 0 Å². The molecule has 0 spiro atoms. The molecule has 0 aromatic heterocycles. The van der Waals surface area contributed by atoms with Gasteiger partial charge in [0.2, 0.25) is 0 Å². The molecule has 0 N–H and O–H groups in total. The fraction of sp³-hybridized carbons (Fsp3) is 0.167. The lowest BCUT2D eigenvalue weighted by Crippen LogP contribution is -2.30. The number of aryl methyl sites for hydroxylation is 1. The van der Waals surface area contributed by atoms with E-state index in [9.17, 15) is 19.8 Å². The van der Waals surface area contributed by atoms with Gasteiger partial charge in [-0.05, 0) is 30.5 Å². The number of carboxylic acids is 2. The van der Waals surface area contributed by atoms with Crippen LogP contribution in [0.3, 0.4) is 0 Å². The summed E-state index contributed by atoms with van der Waals surface area (Å²) in [7, 11) is 0. The first kappa shape index (κ1) is 12.0. The molecule has 0 aliphatic heterocycles. The Hall–Kier alpha value is -2.10. The minimum atomic E-state index is -1.52. The summed E-state index contributed by atoms with van der Waals surface area (Å²) >= 11 is 0. The second-order valence-electron chi connectivity index (χ2n) is 3.39. The van der Waals surface area contributed by atoms with Gasteiger partial charge in [0.1, 0.15) is 0 Å². The van der Waals surface area contributed by atoms with E-state index < -0.39 is 11.9 Å². The van der Waals surface area contributed by atoms with E-state index in [1.54, 1.807) is 25.1 Å². The Morgan fingerprint density at radius 3 is 2.06 bits per heavy atom. The summed E-state index contributed by atoms with van der Waals surface area (Å²) in [5, 5.41) is 21.6. The van der Waals surface area contributed by atoms with Gasteiger partial charge in [0.25, 0.3) is 0 Å². The van der Waals surface area contributed by atoms with Crippen molar-refractivity contribution in [2.75, 3.05) is 0 Å². The van der Waals surface area contributed by atoms with Gasteiger partial charge >= 0.3 is 0 Å². The van der Waals surface area contributed by atoms with Gasteiger partial charge in [-0.25, -0.2) is 0 Å². The van der Waals surface area contributed by atoms with Crippen molar-refractivity contribution in [2.24, 2.45) is 0 Å². The van der Waals surface area contributed by atoms with Crippen molar-refractivity contribution in [1.29, 1.82) is 0 Å². The third-order valence-electron chi connectivity index (χ3n) is 2.30. The largest absolute Gasteiger partial charge is 0.545 e. The van der Waals surface area contributed by atoms with E-state index in [0.717, 1.165) is 0 Å². The highest BCUT2D eigenvalue weighted by Crippen LogP contribution is 2.21. The maximum absolute atomic E-state index is 10.9. The van der Waals surface area contributed by atoms with Crippen molar-refractivity contribution in [3.8, 4) is 0 Å². The van der Waals surface area contributed by atoms with Gasteiger partial charge in [-0.15, -0.1) is 0 Å². The van der Waals surface area contributed by atoms with Crippen LogP contribution in [-0.2, 0) is 9.59 Å². The van der Waals surface area contributed by atoms with Crippen molar-refractivity contribution in [2.45, 2.75) is 13.8 Å². The highest BCUT2D eigenvalue weighted by molar-refractivity contribution is 6.20. The molecular formula is C12H10O4-2. The molecule has 0 bridgehead atoms. The van der Waals surface area contributed by atoms with Crippen LogP contribution in [0, 0.1) is 6.92 Å². The standard InChI is InChI=1S/C12H12O4/c1-7-5-3-4-6-9(7)10(12(15)16)8(2)11(13)14/h3-6H,1-2H3,(H,13,14)(H,15,16)/p-2/b10-8-. The number of carbonyl (C=O) groups excluding carboxylic acids is 2. The number of benzene rings is 1. The lowest BCUT2D eigenvalue weighted by Gasteiger charge is -2.16. The summed E-state index contributed by atoms with van der Waals surface area (Å²) in [6, 6.07) is 6.60. The molecule has 0 fully saturated rings. The molecule has 0 atom stereocenters. The minimum absolute atomic E-state index is 0.335. The molecule has 0 aliphatic rings. The predicted octanol–water partition coefficient (Wildman–Crippen LogP) is -0.732. The maximum Gasteiger partial charge on any atom is 0.0724 e. The smallest absolute Gasteiger partial charge is 0.0724 e. The van der Waals surface area contributed by atoms with E-state index in [2.05, 4.69) is 0 Å². The monoisotopic (exact) mass is 218 g/mol. The molecule has 0 aliphatic carbocycles. The Labute approximate surface area is 92.8 Å². The lowest BCUT2D eigenvalue weighted by atomic mass is 9.97. The van der Waals surface area contributed by atoms with Crippen LogP contribution in [0.2, 0.25) is 0 Å². The number of hydrogen-bond donors (Lipinski definition) is 0. The minimum Gasteiger partial charge on any atom is -0.545 e. The molecule has 0 radical (unpaired) electrons. The Morgan fingerprint density at radius 1 is 1.06 bits per heavy atom. The van der Waals surface area contributed by atoms with Gasteiger partial charge < -0.3 is 19.8 Å². The van der Waals surface area contributed by atoms with Crippen LogP contribution in [0.4, 0.5) is 0 Å². The summed E-state index contributed by atoms with van der Waals surface area (Å²) < 4.78 is 0. The van der Waals surface area contributed by atoms with E-state index in [0.29, 0.717) is 11.1 Å². The molecule has 0 unspecified atom stereocenters. The van der Waals surface area contributed by atoms with Crippen LogP contribution < -0.4 is 10.2 Å². The van der Waals surface area contributed by atoms with Gasteiger partial charge in [-0.3, -0.25) is 0 Å². The van der Waals surface area contributed by atoms with E-state index >= 15 is 0 Å². The predicted molar refractivity (Wildman–Crippen MR) is 53.8 cm³/mol. The van der Waals surface area contributed by atoms with Crippen molar-refractivity contribution in [1.82, 2.24) is 0 Å². The lowest BCUT2D eigenvalue weighted by molar-refractivity contribution is -0.301. The Morgan fingerprint density at radius 2 is 1.62 bits per heavy atom. The zero-order valence-electron chi connectivity index (χ0n) is 8.94. The van der Waals surface area contributed by atoms with Gasteiger partial charge in [0, 0.05) is 5.57 Å². The van der Waals surface area contributed by atoms with Gasteiger partial charge in [-0.2, -0.15) is 0 Å². The third-order valence-corrected chi connectivity index (χ3v) is 2.30. The molecule has 1 aromatic rings. The molecule has 0 saturated carbocycles. The van der Waals surface area contributed by atoms with Crippen molar-refractivity contribution >= 4 is 17.5 Å². The van der Waals surface area contributed by atoms with Crippen LogP contribution in [-0.4, -0.2) is 11.9 Å². The number of carboxylic acid groups (broad SMARTS) is 2. The van der Waals surface area contributed by atoms with Crippen LogP contribution in [0.25, 0.3) is 5.57 Å². The Balaban J connectivity index is 3.47. The summed E-state index contributed by atoms with van der Waals surface area (Å²) in [4.78, 5) is 21.6. The van der Waals surface area contributed by atoms with Crippen LogP contribution >= 0.6 is 0 Å². The highest BCUT2D eigenvalue weighted by atomic mass is 16.4. The third kappa shape index (κ3) is 2.28. The SMILES string of the molecule is C/C(C(=O)[O-])=C(/C(=O)[O-])c1ccccc1C. The first-order valence-electron chi connectivity index (χ1n) is 4.64. The van der Waals surface area contributed by atoms with E-state index in [1.807, 2.05) is 0 Å². The Bertz CT molecular complexity index is 472. The average molecular weight is 218 g/mol. The number of hydrogen-bond acceptors (Lipinski definition) is 4. The maximum atomic E-state index is 10.9. The second kappa shape index (κ2) is 4.61. The molecule has 16 heavy (non-hydrogen) atoms. The molecule has 1 aromatic carbocycles. The fourth-order valence-corrected chi connectivity index (χ4v) is 1.42. The summed E-state index contributed by atoms with van der Waals surface area (Å²) in [6.45, 7) is 2.88. The van der Waals surface area contributed by atoms with Crippen LogP contribution in [0.5, 0.6) is 0 Å². The summed E-state index contributed by atoms with van der Waals surface area (Å²) in [5.74, 6) is -3.03. The summed E-state index contributed by atoms with van der Waals surface area (Å²) in [5.41, 5.74) is 0.332. The molecular weight excluding hydrogens is 208 g/mol. The van der Waals surface area contributed by atoms with Crippen molar-refractivity contribution in [3.63, 3.8) is 0 Å². The molecule has 4 nitrogen and oxygen atoms in total. The summed E-state index contributed by atoms with van der Waals surface area (Å²) in [6.07, 6.45) is 0. The Kier molecular flexibility index (Phi) is 3.45. The van der Waals surface area contributed by atoms with Crippen LogP contribution in [0.15, 0.2) is 29.8 Å². The second-order valence-corrected chi connectivity index (χ2v) is 3.39. The van der Waals surface area contributed by atoms with Gasteiger partial charge in [-0.1, -0.05) is 24.3 Å². The normalized spacial score (nSPS) is 11.9. The molecule has 4 heteroatoms. The molecule has 0 amide bonds. The molecule has 0 heterocycles. The first-order chi connectivity index (χ1) is 7.45. The zero-order chi connectivity index (χ0) is 12.3. The van der Waals surface area contributed by atoms with Crippen molar-refractivity contribution < 1.29 is 19.8 Å². The van der Waals surface area contributed by atoms with E-state index in [1.165, 1.54) is 13.0 Å². The number of aliphatic carboxylic acids is 2. The number of rotatable bonds is 3. The van der Waals surface area contributed by atoms with Gasteiger partial charge in [0.15, 0.2) is 0 Å². The van der Waals surface area contributed by atoms with Gasteiger partial charge in [0.05, 0.1) is 11.9 Å². The molecule has 0 saturated heterocycles. The first-order valence-corrected chi connectivity index (χ1v) is 4.64. The highest BCUT2D eigenvalue weighted by Gasteiger charge is 2.10. The number of carbonyl (C=O) groups is 2. The average Bonchev–Trinajstić information content (AvgIpc) is 2.20. The quantitative estimate of drug-likeness (QED) is 0.626. The van der Waals surface area contributed by atoms with Crippen LogP contribution in [0.1, 0.15) is 18.1 Å².